The Bertz CT molecular complexity index is 965. The number of aryl methyl sites for hydroxylation is 2. The standard InChI is InChI=1S/C17H16F3N5OS/c1-4-25(15(26)12-9-22-24(3)13(12)17(18,19)20)16-10(2)23-14(27-16)11-6-5-7-21-8-11/h5-9H,4H2,1-3H3. The summed E-state index contributed by atoms with van der Waals surface area (Å²) in [5.41, 5.74) is -0.215. The summed E-state index contributed by atoms with van der Waals surface area (Å²) in [6, 6.07) is 3.59. The lowest BCUT2D eigenvalue weighted by Crippen LogP contribution is -2.32. The predicted molar refractivity (Wildman–Crippen MR) is 95.6 cm³/mol. The maximum atomic E-state index is 13.3. The lowest BCUT2D eigenvalue weighted by atomic mass is 10.2. The van der Waals surface area contributed by atoms with Crippen LogP contribution < -0.4 is 4.90 Å². The fourth-order valence-electron chi connectivity index (χ4n) is 2.71. The number of hydrogen-bond donors (Lipinski definition) is 0. The van der Waals surface area contributed by atoms with Crippen LogP contribution >= 0.6 is 11.3 Å². The number of carbonyl (C=O) groups excluding carboxylic acids is 1. The molecule has 1 amide bonds. The molecule has 0 spiro atoms. The summed E-state index contributed by atoms with van der Waals surface area (Å²) < 4.78 is 40.7. The van der Waals surface area contributed by atoms with Crippen LogP contribution in [0.3, 0.4) is 0 Å². The zero-order chi connectivity index (χ0) is 19.8. The zero-order valence-electron chi connectivity index (χ0n) is 14.8. The number of nitrogens with zero attached hydrogens (tertiary/aromatic N) is 5. The maximum Gasteiger partial charge on any atom is 0.433 e. The summed E-state index contributed by atoms with van der Waals surface area (Å²) in [5.74, 6) is -0.762. The molecular formula is C17H16F3N5OS. The highest BCUT2D eigenvalue weighted by atomic mass is 32.1. The van der Waals surface area contributed by atoms with Gasteiger partial charge < -0.3 is 0 Å². The SMILES string of the molecule is CCN(C(=O)c1cnn(C)c1C(F)(F)F)c1sc(-c2cccnc2)nc1C. The number of amides is 1. The molecule has 0 aromatic carbocycles. The second kappa shape index (κ2) is 7.10. The number of rotatable bonds is 4. The molecule has 142 valence electrons. The highest BCUT2D eigenvalue weighted by Crippen LogP contribution is 2.37. The van der Waals surface area contributed by atoms with Crippen LogP contribution in [0.1, 0.15) is 28.7 Å². The van der Waals surface area contributed by atoms with E-state index in [-0.39, 0.29) is 6.54 Å². The van der Waals surface area contributed by atoms with Crippen molar-refractivity contribution < 1.29 is 18.0 Å². The van der Waals surface area contributed by atoms with E-state index in [1.807, 2.05) is 6.07 Å². The van der Waals surface area contributed by atoms with E-state index in [0.29, 0.717) is 20.4 Å². The van der Waals surface area contributed by atoms with Gasteiger partial charge in [0.25, 0.3) is 5.91 Å². The summed E-state index contributed by atoms with van der Waals surface area (Å²) in [4.78, 5) is 22.7. The second-order valence-electron chi connectivity index (χ2n) is 5.73. The molecule has 0 radical (unpaired) electrons. The van der Waals surface area contributed by atoms with Crippen molar-refractivity contribution in [1.82, 2.24) is 19.7 Å². The molecule has 0 saturated carbocycles. The van der Waals surface area contributed by atoms with Crippen molar-refractivity contribution in [3.63, 3.8) is 0 Å². The molecule has 0 aliphatic heterocycles. The average molecular weight is 395 g/mol. The molecule has 3 rings (SSSR count). The topological polar surface area (TPSA) is 63.9 Å². The van der Waals surface area contributed by atoms with Gasteiger partial charge in [-0.3, -0.25) is 19.4 Å². The first-order chi connectivity index (χ1) is 12.7. The van der Waals surface area contributed by atoms with Gasteiger partial charge >= 0.3 is 6.18 Å². The highest BCUT2D eigenvalue weighted by molar-refractivity contribution is 7.19. The van der Waals surface area contributed by atoms with Crippen molar-refractivity contribution >= 4 is 22.2 Å². The van der Waals surface area contributed by atoms with E-state index in [4.69, 9.17) is 0 Å². The Morgan fingerprint density at radius 2 is 2.07 bits per heavy atom. The normalized spacial score (nSPS) is 11.6. The van der Waals surface area contributed by atoms with Crippen LogP contribution in [-0.2, 0) is 13.2 Å². The molecule has 6 nitrogen and oxygen atoms in total. The third-order valence-electron chi connectivity index (χ3n) is 3.92. The number of alkyl halides is 3. The molecule has 0 N–H and O–H groups in total. The minimum atomic E-state index is -4.68. The van der Waals surface area contributed by atoms with E-state index in [0.717, 1.165) is 18.8 Å². The van der Waals surface area contributed by atoms with Crippen LogP contribution in [0.15, 0.2) is 30.7 Å². The van der Waals surface area contributed by atoms with Crippen LogP contribution in [0.2, 0.25) is 0 Å². The largest absolute Gasteiger partial charge is 0.433 e. The van der Waals surface area contributed by atoms with Gasteiger partial charge in [0.1, 0.15) is 10.0 Å². The number of thiazole rings is 1. The van der Waals surface area contributed by atoms with Crippen LogP contribution in [0, 0.1) is 6.92 Å². The Morgan fingerprint density at radius 1 is 1.33 bits per heavy atom. The van der Waals surface area contributed by atoms with Gasteiger partial charge in [0.05, 0.1) is 17.5 Å². The first kappa shape index (κ1) is 19.0. The summed E-state index contributed by atoms with van der Waals surface area (Å²) >= 11 is 1.23. The number of carbonyl (C=O) groups is 1. The minimum Gasteiger partial charge on any atom is -0.298 e. The maximum absolute atomic E-state index is 13.3. The zero-order valence-corrected chi connectivity index (χ0v) is 15.6. The molecule has 0 bridgehead atoms. The first-order valence-corrected chi connectivity index (χ1v) is 8.84. The van der Waals surface area contributed by atoms with Gasteiger partial charge in [0.15, 0.2) is 5.69 Å². The summed E-state index contributed by atoms with van der Waals surface area (Å²) in [7, 11) is 1.16. The summed E-state index contributed by atoms with van der Waals surface area (Å²) in [6.45, 7) is 3.61. The molecule has 3 aromatic rings. The Hall–Kier alpha value is -2.75. The molecule has 0 atom stereocenters. The Labute approximate surface area is 157 Å². The van der Waals surface area contributed by atoms with Gasteiger partial charge in [-0.05, 0) is 26.0 Å². The number of halogens is 3. The number of aromatic nitrogens is 4. The number of hydrogen-bond acceptors (Lipinski definition) is 5. The third kappa shape index (κ3) is 3.57. The number of pyridine rings is 1. The fraction of sp³-hybridized carbons (Fsp3) is 0.294. The molecule has 0 unspecified atom stereocenters. The van der Waals surface area contributed by atoms with Crippen LogP contribution in [0.25, 0.3) is 10.6 Å². The average Bonchev–Trinajstić information content (AvgIpc) is 3.19. The smallest absolute Gasteiger partial charge is 0.298 e. The molecule has 0 aliphatic carbocycles. The van der Waals surface area contributed by atoms with Gasteiger partial charge in [0.2, 0.25) is 0 Å². The van der Waals surface area contributed by atoms with Gasteiger partial charge in [-0.1, -0.05) is 11.3 Å². The predicted octanol–water partition coefficient (Wildman–Crippen LogP) is 3.93. The van der Waals surface area contributed by atoms with Crippen LogP contribution in [0.5, 0.6) is 0 Å². The Balaban J connectivity index is 2.02. The van der Waals surface area contributed by atoms with E-state index >= 15 is 0 Å². The fourth-order valence-corrected chi connectivity index (χ4v) is 3.83. The van der Waals surface area contributed by atoms with Crippen molar-refractivity contribution in [3.05, 3.63) is 47.7 Å². The minimum absolute atomic E-state index is 0.195. The van der Waals surface area contributed by atoms with Crippen molar-refractivity contribution in [2.45, 2.75) is 20.0 Å². The van der Waals surface area contributed by atoms with Crippen molar-refractivity contribution in [2.75, 3.05) is 11.4 Å². The molecule has 27 heavy (non-hydrogen) atoms. The molecule has 3 heterocycles. The van der Waals surface area contributed by atoms with Gasteiger partial charge in [-0.25, -0.2) is 4.98 Å². The Kier molecular flexibility index (Phi) is 5.01. The van der Waals surface area contributed by atoms with Crippen LogP contribution in [0.4, 0.5) is 18.2 Å². The van der Waals surface area contributed by atoms with E-state index in [2.05, 4.69) is 15.1 Å². The molecule has 10 heteroatoms. The third-order valence-corrected chi connectivity index (χ3v) is 5.15. The van der Waals surface area contributed by atoms with Gasteiger partial charge in [-0.15, -0.1) is 0 Å². The molecule has 0 saturated heterocycles. The van der Waals surface area contributed by atoms with Gasteiger partial charge in [-0.2, -0.15) is 18.3 Å². The molecular weight excluding hydrogens is 379 g/mol. The lowest BCUT2D eigenvalue weighted by Gasteiger charge is -2.20. The van der Waals surface area contributed by atoms with Crippen molar-refractivity contribution in [2.24, 2.45) is 7.05 Å². The highest BCUT2D eigenvalue weighted by Gasteiger charge is 2.40. The first-order valence-electron chi connectivity index (χ1n) is 8.03. The second-order valence-corrected chi connectivity index (χ2v) is 6.71. The lowest BCUT2D eigenvalue weighted by molar-refractivity contribution is -0.144. The Morgan fingerprint density at radius 3 is 2.67 bits per heavy atom. The number of anilines is 1. The summed E-state index contributed by atoms with van der Waals surface area (Å²) in [6.07, 6.45) is -0.456. The molecule has 3 aromatic heterocycles. The summed E-state index contributed by atoms with van der Waals surface area (Å²) in [5, 5.41) is 4.76. The monoisotopic (exact) mass is 395 g/mol. The van der Waals surface area contributed by atoms with E-state index in [1.165, 1.54) is 16.2 Å². The van der Waals surface area contributed by atoms with Crippen LogP contribution in [-0.4, -0.2) is 32.2 Å². The molecule has 0 aliphatic rings. The van der Waals surface area contributed by atoms with Crippen molar-refractivity contribution in [3.8, 4) is 10.6 Å². The van der Waals surface area contributed by atoms with E-state index in [9.17, 15) is 18.0 Å². The van der Waals surface area contributed by atoms with Crippen molar-refractivity contribution in [1.29, 1.82) is 0 Å². The van der Waals surface area contributed by atoms with E-state index < -0.39 is 23.3 Å². The quantitative estimate of drug-likeness (QED) is 0.671. The molecule has 0 fully saturated rings. The van der Waals surface area contributed by atoms with Gasteiger partial charge in [0, 0.05) is 31.5 Å². The van der Waals surface area contributed by atoms with E-state index in [1.54, 1.807) is 32.3 Å².